The Morgan fingerprint density at radius 2 is 2.10 bits per heavy atom. The normalized spacial score (nSPS) is 23.4. The van der Waals surface area contributed by atoms with Crippen LogP contribution in [0, 0.1) is 0 Å². The maximum Gasteiger partial charge on any atom is 0.268 e. The molecule has 21 heavy (non-hydrogen) atoms. The molecule has 1 unspecified atom stereocenters. The summed E-state index contributed by atoms with van der Waals surface area (Å²) in [6.07, 6.45) is 2.09. The van der Waals surface area contributed by atoms with Crippen molar-refractivity contribution in [3.8, 4) is 0 Å². The van der Waals surface area contributed by atoms with E-state index in [-0.39, 0.29) is 11.9 Å². The molecule has 4 N–H and O–H groups in total. The van der Waals surface area contributed by atoms with Crippen LogP contribution in [0.1, 0.15) is 22.5 Å². The van der Waals surface area contributed by atoms with Gasteiger partial charge in [0.2, 0.25) is 0 Å². The lowest BCUT2D eigenvalue weighted by atomic mass is 10.1. The lowest BCUT2D eigenvalue weighted by molar-refractivity contribution is 0.0306. The Balaban J connectivity index is 1.75. The molecule has 3 heterocycles. The number of nitrogen functional groups attached to an aromatic ring is 1. The quantitative estimate of drug-likeness (QED) is 0.805. The van der Waals surface area contributed by atoms with Crippen LogP contribution in [-0.4, -0.2) is 61.2 Å². The monoisotopic (exact) mass is 311 g/mol. The number of nitrogens with zero attached hydrogens (tertiary/aromatic N) is 3. The van der Waals surface area contributed by atoms with E-state index in [0.29, 0.717) is 37.0 Å². The molecule has 1 aromatic heterocycles. The van der Waals surface area contributed by atoms with Crippen molar-refractivity contribution in [2.75, 3.05) is 50.0 Å². The molecule has 0 bridgehead atoms. The van der Waals surface area contributed by atoms with Crippen LogP contribution in [0.15, 0.2) is 0 Å². The Kier molecular flexibility index (Phi) is 4.27. The van der Waals surface area contributed by atoms with E-state index in [1.807, 2.05) is 0 Å². The maximum atomic E-state index is 12.5. The Morgan fingerprint density at radius 1 is 1.33 bits per heavy atom. The zero-order valence-electron chi connectivity index (χ0n) is 12.0. The van der Waals surface area contributed by atoms with Crippen molar-refractivity contribution < 1.29 is 9.53 Å². The first-order valence-electron chi connectivity index (χ1n) is 7.29. The number of hydrogen-bond donors (Lipinski definition) is 2. The third-order valence-electron chi connectivity index (χ3n) is 3.86. The molecule has 0 aliphatic carbocycles. The smallest absolute Gasteiger partial charge is 0.268 e. The second-order valence-corrected chi connectivity index (χ2v) is 6.44. The molecule has 116 valence electrons. The Labute approximate surface area is 127 Å². The number of aromatic nitrogens is 1. The van der Waals surface area contributed by atoms with Gasteiger partial charge in [-0.2, -0.15) is 0 Å². The minimum Gasteiger partial charge on any atom is -0.382 e. The Hall–Kier alpha value is -1.38. The zero-order chi connectivity index (χ0) is 14.8. The van der Waals surface area contributed by atoms with Gasteiger partial charge in [0.05, 0.1) is 13.2 Å². The van der Waals surface area contributed by atoms with Crippen molar-refractivity contribution in [1.82, 2.24) is 9.88 Å². The average molecular weight is 311 g/mol. The number of hydrogen-bond acceptors (Lipinski definition) is 7. The highest BCUT2D eigenvalue weighted by atomic mass is 32.1. The first-order chi connectivity index (χ1) is 10.1. The van der Waals surface area contributed by atoms with E-state index in [2.05, 4.69) is 9.88 Å². The van der Waals surface area contributed by atoms with E-state index < -0.39 is 0 Å². The molecule has 2 aliphatic heterocycles. The Bertz CT molecular complexity index is 515. The van der Waals surface area contributed by atoms with E-state index in [0.717, 1.165) is 31.1 Å². The molecule has 0 radical (unpaired) electrons. The van der Waals surface area contributed by atoms with Gasteiger partial charge in [0, 0.05) is 32.2 Å². The molecular formula is C13H21N5O2S. The number of piperidine rings is 1. The van der Waals surface area contributed by atoms with Gasteiger partial charge >= 0.3 is 0 Å². The average Bonchev–Trinajstić information content (AvgIpc) is 2.89. The van der Waals surface area contributed by atoms with Crippen LogP contribution < -0.4 is 16.4 Å². The third kappa shape index (κ3) is 3.12. The van der Waals surface area contributed by atoms with Gasteiger partial charge in [-0.3, -0.25) is 4.79 Å². The van der Waals surface area contributed by atoms with Gasteiger partial charge in [0.1, 0.15) is 10.7 Å². The zero-order valence-corrected chi connectivity index (χ0v) is 12.8. The van der Waals surface area contributed by atoms with Crippen molar-refractivity contribution in [2.24, 2.45) is 5.73 Å². The molecule has 7 nitrogen and oxygen atoms in total. The van der Waals surface area contributed by atoms with Crippen molar-refractivity contribution in [1.29, 1.82) is 0 Å². The molecule has 3 rings (SSSR count). The minimum absolute atomic E-state index is 0.0409. The van der Waals surface area contributed by atoms with Gasteiger partial charge in [-0.1, -0.05) is 11.3 Å². The molecule has 1 amide bonds. The molecule has 0 saturated carbocycles. The van der Waals surface area contributed by atoms with Crippen molar-refractivity contribution in [2.45, 2.75) is 18.9 Å². The van der Waals surface area contributed by atoms with Crippen LogP contribution >= 0.6 is 11.3 Å². The molecule has 1 atom stereocenters. The van der Waals surface area contributed by atoms with Crippen LogP contribution in [-0.2, 0) is 4.74 Å². The van der Waals surface area contributed by atoms with Gasteiger partial charge in [0.25, 0.3) is 5.91 Å². The highest BCUT2D eigenvalue weighted by Crippen LogP contribution is 2.31. The number of thiazole rings is 1. The number of carbonyl (C=O) groups is 1. The van der Waals surface area contributed by atoms with E-state index >= 15 is 0 Å². The SMILES string of the molecule is Nc1nc(N2CCCC(N)C2)sc1C(=O)N1CCOCC1. The highest BCUT2D eigenvalue weighted by molar-refractivity contribution is 7.18. The minimum atomic E-state index is -0.0409. The van der Waals surface area contributed by atoms with Gasteiger partial charge < -0.3 is 26.0 Å². The highest BCUT2D eigenvalue weighted by Gasteiger charge is 2.26. The summed E-state index contributed by atoms with van der Waals surface area (Å²) in [5.41, 5.74) is 12.0. The summed E-state index contributed by atoms with van der Waals surface area (Å²) in [5, 5.41) is 0.805. The number of ether oxygens (including phenoxy) is 1. The van der Waals surface area contributed by atoms with Crippen LogP contribution in [0.4, 0.5) is 10.9 Å². The van der Waals surface area contributed by atoms with Gasteiger partial charge in [-0.15, -0.1) is 0 Å². The molecule has 2 aliphatic rings. The summed E-state index contributed by atoms with van der Waals surface area (Å²) in [6, 6.07) is 0.169. The summed E-state index contributed by atoms with van der Waals surface area (Å²) >= 11 is 1.37. The van der Waals surface area contributed by atoms with Crippen molar-refractivity contribution >= 4 is 28.2 Å². The van der Waals surface area contributed by atoms with Gasteiger partial charge in [0.15, 0.2) is 5.13 Å². The van der Waals surface area contributed by atoms with Gasteiger partial charge in [-0.25, -0.2) is 4.98 Å². The van der Waals surface area contributed by atoms with Crippen LogP contribution in [0.2, 0.25) is 0 Å². The molecule has 1 aromatic rings. The molecule has 8 heteroatoms. The number of rotatable bonds is 2. The fourth-order valence-corrected chi connectivity index (χ4v) is 3.69. The first kappa shape index (κ1) is 14.6. The van der Waals surface area contributed by atoms with Crippen molar-refractivity contribution in [3.05, 3.63) is 4.88 Å². The molecular weight excluding hydrogens is 290 g/mol. The largest absolute Gasteiger partial charge is 0.382 e. The van der Waals surface area contributed by atoms with Crippen LogP contribution in [0.3, 0.4) is 0 Å². The Morgan fingerprint density at radius 3 is 2.81 bits per heavy atom. The molecule has 2 fully saturated rings. The van der Waals surface area contributed by atoms with E-state index in [4.69, 9.17) is 16.2 Å². The van der Waals surface area contributed by atoms with Gasteiger partial charge in [-0.05, 0) is 12.8 Å². The molecule has 0 aromatic carbocycles. The van der Waals surface area contributed by atoms with E-state index in [1.165, 1.54) is 11.3 Å². The number of anilines is 2. The van der Waals surface area contributed by atoms with E-state index in [9.17, 15) is 4.79 Å². The van der Waals surface area contributed by atoms with E-state index in [1.54, 1.807) is 4.90 Å². The predicted octanol–water partition coefficient (Wildman–Crippen LogP) is 0.125. The fourth-order valence-electron chi connectivity index (χ4n) is 2.70. The lowest BCUT2D eigenvalue weighted by Crippen LogP contribution is -2.42. The second-order valence-electron chi connectivity index (χ2n) is 5.46. The summed E-state index contributed by atoms with van der Waals surface area (Å²) in [5.74, 6) is 0.284. The number of carbonyl (C=O) groups excluding carboxylic acids is 1. The number of nitrogens with two attached hydrogens (primary N) is 2. The predicted molar refractivity (Wildman–Crippen MR) is 82.7 cm³/mol. The van der Waals surface area contributed by atoms with Crippen LogP contribution in [0.5, 0.6) is 0 Å². The second kappa shape index (κ2) is 6.17. The molecule has 0 spiro atoms. The summed E-state index contributed by atoms with van der Waals surface area (Å²) in [4.78, 5) is 21.3. The number of morpholine rings is 1. The van der Waals surface area contributed by atoms with Crippen molar-refractivity contribution in [3.63, 3.8) is 0 Å². The topological polar surface area (TPSA) is 97.7 Å². The summed E-state index contributed by atoms with van der Waals surface area (Å²) in [6.45, 7) is 4.08. The van der Waals surface area contributed by atoms with Crippen LogP contribution in [0.25, 0.3) is 0 Å². The lowest BCUT2D eigenvalue weighted by Gasteiger charge is -2.30. The fraction of sp³-hybridized carbons (Fsp3) is 0.692. The third-order valence-corrected chi connectivity index (χ3v) is 4.98. The summed E-state index contributed by atoms with van der Waals surface area (Å²) < 4.78 is 5.27. The molecule has 2 saturated heterocycles. The summed E-state index contributed by atoms with van der Waals surface area (Å²) in [7, 11) is 0. The number of amides is 1. The maximum absolute atomic E-state index is 12.5. The standard InChI is InChI=1S/C13H21N5O2S/c14-9-2-1-3-18(8-9)13-16-11(15)10(21-13)12(19)17-4-6-20-7-5-17/h9H,1-8,14-15H2. The first-order valence-corrected chi connectivity index (χ1v) is 8.10.